The fourth-order valence-corrected chi connectivity index (χ4v) is 3.24. The van der Waals surface area contributed by atoms with Gasteiger partial charge in [0.2, 0.25) is 0 Å². The molecule has 0 bridgehead atoms. The highest BCUT2D eigenvalue weighted by molar-refractivity contribution is 5.81. The number of rotatable bonds is 9. The first-order valence-electron chi connectivity index (χ1n) is 9.87. The van der Waals surface area contributed by atoms with Gasteiger partial charge in [-0.2, -0.15) is 0 Å². The lowest BCUT2D eigenvalue weighted by molar-refractivity contribution is -0.147. The molecule has 1 heterocycles. The number of ether oxygens (including phenoxy) is 3. The molecule has 1 aliphatic rings. The number of amides is 1. The zero-order chi connectivity index (χ0) is 20.5. The van der Waals surface area contributed by atoms with Crippen molar-refractivity contribution < 1.29 is 23.8 Å². The molecule has 1 saturated heterocycles. The third-order valence-corrected chi connectivity index (χ3v) is 4.23. The summed E-state index contributed by atoms with van der Waals surface area (Å²) in [6, 6.07) is 7.32. The molecule has 0 radical (unpaired) electrons. The normalized spacial score (nSPS) is 20.0. The lowest BCUT2D eigenvalue weighted by Gasteiger charge is -2.35. The smallest absolute Gasteiger partial charge is 0.310 e. The van der Waals surface area contributed by atoms with E-state index < -0.39 is 5.97 Å². The van der Waals surface area contributed by atoms with Crippen LogP contribution in [0.5, 0.6) is 5.75 Å². The Morgan fingerprint density at radius 3 is 2.64 bits per heavy atom. The predicted octanol–water partition coefficient (Wildman–Crippen LogP) is 1.78. The van der Waals surface area contributed by atoms with Crippen molar-refractivity contribution in [1.29, 1.82) is 0 Å². The van der Waals surface area contributed by atoms with E-state index in [1.54, 1.807) is 0 Å². The van der Waals surface area contributed by atoms with Gasteiger partial charge in [0.25, 0.3) is 5.91 Å². The van der Waals surface area contributed by atoms with Gasteiger partial charge in [0, 0.05) is 26.2 Å². The first-order chi connectivity index (χ1) is 13.3. The molecule has 1 N–H and O–H groups in total. The maximum Gasteiger partial charge on any atom is 0.310 e. The highest BCUT2D eigenvalue weighted by Gasteiger charge is 2.21. The summed E-state index contributed by atoms with van der Waals surface area (Å²) in [6.07, 6.45) is 0.566. The molecule has 2 atom stereocenters. The van der Waals surface area contributed by atoms with Gasteiger partial charge in [-0.1, -0.05) is 12.1 Å². The summed E-state index contributed by atoms with van der Waals surface area (Å²) in [5.74, 6) is -0.0166. The Labute approximate surface area is 167 Å². The summed E-state index contributed by atoms with van der Waals surface area (Å²) in [5, 5.41) is 2.79. The van der Waals surface area contributed by atoms with Crippen molar-refractivity contribution in [1.82, 2.24) is 10.2 Å². The number of nitrogens with zero attached hydrogens (tertiary/aromatic N) is 1. The highest BCUT2D eigenvalue weighted by atomic mass is 16.5. The molecule has 1 aromatic carbocycles. The molecule has 2 rings (SSSR count). The van der Waals surface area contributed by atoms with Gasteiger partial charge >= 0.3 is 5.97 Å². The third-order valence-electron chi connectivity index (χ3n) is 4.23. The number of carbonyl (C=O) groups is 2. The Hall–Kier alpha value is -2.12. The molecule has 28 heavy (non-hydrogen) atoms. The summed E-state index contributed by atoms with van der Waals surface area (Å²) in [7, 11) is 0. The number of morpholine rings is 1. The van der Waals surface area contributed by atoms with Crippen LogP contribution in [0.4, 0.5) is 0 Å². The zero-order valence-corrected chi connectivity index (χ0v) is 17.3. The minimum absolute atomic E-state index is 0.0646. The van der Waals surface area contributed by atoms with Crippen LogP contribution in [-0.2, 0) is 25.5 Å². The summed E-state index contributed by atoms with van der Waals surface area (Å²) < 4.78 is 16.4. The third kappa shape index (κ3) is 8.27. The molecule has 1 aliphatic heterocycles. The fourth-order valence-electron chi connectivity index (χ4n) is 3.24. The maximum atomic E-state index is 12.0. The van der Waals surface area contributed by atoms with Gasteiger partial charge in [-0.25, -0.2) is 0 Å². The van der Waals surface area contributed by atoms with E-state index in [1.165, 1.54) is 0 Å². The number of carbonyl (C=O) groups excluding carboxylic acids is 2. The van der Waals surface area contributed by atoms with Crippen molar-refractivity contribution in [2.24, 2.45) is 0 Å². The van der Waals surface area contributed by atoms with Crippen LogP contribution >= 0.6 is 0 Å². The highest BCUT2D eigenvalue weighted by Crippen LogP contribution is 2.15. The van der Waals surface area contributed by atoms with Gasteiger partial charge in [0.05, 0.1) is 24.7 Å². The Morgan fingerprint density at radius 1 is 1.25 bits per heavy atom. The lowest BCUT2D eigenvalue weighted by atomic mass is 10.1. The van der Waals surface area contributed by atoms with Crippen LogP contribution in [-0.4, -0.2) is 67.9 Å². The van der Waals surface area contributed by atoms with Gasteiger partial charge in [0.1, 0.15) is 5.75 Å². The second-order valence-corrected chi connectivity index (χ2v) is 7.52. The number of hydrogen-bond acceptors (Lipinski definition) is 6. The average Bonchev–Trinajstić information content (AvgIpc) is 2.59. The number of nitrogens with one attached hydrogen (secondary N) is 1. The van der Waals surface area contributed by atoms with Crippen molar-refractivity contribution >= 4 is 11.9 Å². The molecule has 1 amide bonds. The summed E-state index contributed by atoms with van der Waals surface area (Å²) >= 11 is 0. The van der Waals surface area contributed by atoms with E-state index >= 15 is 0 Å². The quantitative estimate of drug-likeness (QED) is 0.646. The summed E-state index contributed by atoms with van der Waals surface area (Å²) in [5.41, 5.74) is 0.791. The number of esters is 1. The lowest BCUT2D eigenvalue weighted by Crippen LogP contribution is -2.48. The SMILES string of the molecule is CC(C)Oc1cccc(CC(=O)OCC(=O)NCCN2CC(C)OC(C)C2)c1. The maximum absolute atomic E-state index is 12.0. The molecule has 7 heteroatoms. The van der Waals surface area contributed by atoms with E-state index in [0.717, 1.165) is 25.2 Å². The molecule has 0 aromatic heterocycles. The van der Waals surface area contributed by atoms with Crippen LogP contribution in [0.1, 0.15) is 33.3 Å². The van der Waals surface area contributed by atoms with Crippen molar-refractivity contribution in [3.8, 4) is 5.75 Å². The molecule has 7 nitrogen and oxygen atoms in total. The average molecular weight is 392 g/mol. The monoisotopic (exact) mass is 392 g/mol. The number of hydrogen-bond donors (Lipinski definition) is 1. The van der Waals surface area contributed by atoms with E-state index in [9.17, 15) is 9.59 Å². The van der Waals surface area contributed by atoms with E-state index in [1.807, 2.05) is 52.0 Å². The fraction of sp³-hybridized carbons (Fsp3) is 0.619. The van der Waals surface area contributed by atoms with Gasteiger partial charge in [0.15, 0.2) is 6.61 Å². The standard InChI is InChI=1S/C21H32N2O5/c1-15(2)27-19-7-5-6-18(10-19)11-21(25)26-14-20(24)22-8-9-23-12-16(3)28-17(4)13-23/h5-7,10,15-17H,8-9,11-14H2,1-4H3,(H,22,24). The molecule has 2 unspecified atom stereocenters. The van der Waals surface area contributed by atoms with E-state index in [-0.39, 0.29) is 37.2 Å². The Balaban J connectivity index is 1.65. The molecule has 0 saturated carbocycles. The summed E-state index contributed by atoms with van der Waals surface area (Å²) in [6.45, 7) is 10.7. The molecular formula is C21H32N2O5. The number of benzene rings is 1. The van der Waals surface area contributed by atoms with Crippen LogP contribution in [0.15, 0.2) is 24.3 Å². The van der Waals surface area contributed by atoms with E-state index in [0.29, 0.717) is 12.3 Å². The Bertz CT molecular complexity index is 639. The minimum atomic E-state index is -0.437. The van der Waals surface area contributed by atoms with Crippen molar-refractivity contribution in [3.05, 3.63) is 29.8 Å². The second kappa shape index (κ2) is 11.0. The second-order valence-electron chi connectivity index (χ2n) is 7.52. The molecular weight excluding hydrogens is 360 g/mol. The Kier molecular flexibility index (Phi) is 8.73. The van der Waals surface area contributed by atoms with Crippen molar-refractivity contribution in [3.63, 3.8) is 0 Å². The first-order valence-corrected chi connectivity index (χ1v) is 9.87. The van der Waals surface area contributed by atoms with Gasteiger partial charge < -0.3 is 19.5 Å². The predicted molar refractivity (Wildman–Crippen MR) is 106 cm³/mol. The molecule has 0 aliphatic carbocycles. The molecule has 0 spiro atoms. The van der Waals surface area contributed by atoms with Crippen LogP contribution in [0.25, 0.3) is 0 Å². The zero-order valence-electron chi connectivity index (χ0n) is 17.3. The van der Waals surface area contributed by atoms with Crippen LogP contribution in [0.3, 0.4) is 0 Å². The summed E-state index contributed by atoms with van der Waals surface area (Å²) in [4.78, 5) is 26.1. The van der Waals surface area contributed by atoms with E-state index in [4.69, 9.17) is 14.2 Å². The molecule has 156 valence electrons. The molecule has 1 fully saturated rings. The van der Waals surface area contributed by atoms with Gasteiger partial charge in [-0.05, 0) is 45.4 Å². The van der Waals surface area contributed by atoms with Crippen LogP contribution < -0.4 is 10.1 Å². The molecule has 1 aromatic rings. The largest absolute Gasteiger partial charge is 0.491 e. The van der Waals surface area contributed by atoms with Gasteiger partial charge in [-0.3, -0.25) is 14.5 Å². The van der Waals surface area contributed by atoms with Crippen LogP contribution in [0, 0.1) is 0 Å². The van der Waals surface area contributed by atoms with Crippen molar-refractivity contribution in [2.45, 2.75) is 52.4 Å². The van der Waals surface area contributed by atoms with E-state index in [2.05, 4.69) is 10.2 Å². The topological polar surface area (TPSA) is 77.1 Å². The van der Waals surface area contributed by atoms with Crippen molar-refractivity contribution in [2.75, 3.05) is 32.8 Å². The van der Waals surface area contributed by atoms with Gasteiger partial charge in [-0.15, -0.1) is 0 Å². The minimum Gasteiger partial charge on any atom is -0.491 e. The first kappa shape index (κ1) is 22.2. The Morgan fingerprint density at radius 2 is 1.96 bits per heavy atom. The van der Waals surface area contributed by atoms with Crippen LogP contribution in [0.2, 0.25) is 0 Å².